The number of amides is 1. The Morgan fingerprint density at radius 2 is 1.79 bits per heavy atom. The van der Waals surface area contributed by atoms with Crippen LogP contribution in [0.2, 0.25) is 10.0 Å². The Labute approximate surface area is 128 Å². The van der Waals surface area contributed by atoms with E-state index in [0.717, 1.165) is 31.5 Å². The zero-order valence-corrected chi connectivity index (χ0v) is 13.0. The van der Waals surface area contributed by atoms with Crippen molar-refractivity contribution < 1.29 is 4.79 Å². The van der Waals surface area contributed by atoms with E-state index in [1.165, 1.54) is 6.42 Å². The summed E-state index contributed by atoms with van der Waals surface area (Å²) in [6, 6.07) is 5.49. The minimum Gasteiger partial charge on any atom is -0.342 e. The van der Waals surface area contributed by atoms with Gasteiger partial charge >= 0.3 is 0 Å². The lowest BCUT2D eigenvalue weighted by Crippen LogP contribution is -2.36. The molecule has 2 rings (SSSR count). The Balaban J connectivity index is 1.81. The highest BCUT2D eigenvalue weighted by Gasteiger charge is 2.16. The molecule has 0 atom stereocenters. The molecule has 5 heteroatoms. The normalized spacial score (nSPS) is 15.6. The van der Waals surface area contributed by atoms with Crippen molar-refractivity contribution in [3.8, 4) is 0 Å². The Kier molecular flexibility index (Phi) is 5.86. The van der Waals surface area contributed by atoms with Crippen LogP contribution in [0.1, 0.15) is 24.8 Å². The number of hydrogen-bond donors (Lipinski definition) is 0. The molecule has 0 N–H and O–H groups in total. The number of nitrogens with zero attached hydrogens (tertiary/aromatic N) is 1. The van der Waals surface area contributed by atoms with Crippen LogP contribution in [-0.4, -0.2) is 29.6 Å². The van der Waals surface area contributed by atoms with Gasteiger partial charge in [-0.3, -0.25) is 4.79 Å². The van der Waals surface area contributed by atoms with Gasteiger partial charge in [-0.05, 0) is 37.0 Å². The van der Waals surface area contributed by atoms with E-state index < -0.39 is 0 Å². The summed E-state index contributed by atoms with van der Waals surface area (Å²) in [6.45, 7) is 1.82. The first kappa shape index (κ1) is 15.0. The third kappa shape index (κ3) is 4.30. The lowest BCUT2D eigenvalue weighted by Gasteiger charge is -2.26. The number of carbonyl (C=O) groups is 1. The van der Waals surface area contributed by atoms with Crippen LogP contribution in [0.3, 0.4) is 0 Å². The van der Waals surface area contributed by atoms with Crippen LogP contribution in [0.25, 0.3) is 0 Å². The molecule has 0 bridgehead atoms. The third-order valence-corrected chi connectivity index (χ3v) is 4.89. The summed E-state index contributed by atoms with van der Waals surface area (Å²) in [4.78, 5) is 14.0. The van der Waals surface area contributed by atoms with E-state index in [1.54, 1.807) is 11.8 Å². The lowest BCUT2D eigenvalue weighted by atomic mass is 10.1. The van der Waals surface area contributed by atoms with Gasteiger partial charge in [0.25, 0.3) is 0 Å². The van der Waals surface area contributed by atoms with Gasteiger partial charge in [-0.2, -0.15) is 0 Å². The molecule has 1 aliphatic rings. The molecule has 0 radical (unpaired) electrons. The van der Waals surface area contributed by atoms with Gasteiger partial charge in [0.15, 0.2) is 0 Å². The Morgan fingerprint density at radius 1 is 1.16 bits per heavy atom. The molecule has 1 aromatic rings. The fourth-order valence-corrected chi connectivity index (χ4v) is 3.81. The SMILES string of the molecule is O=C(CSCc1c(Cl)cccc1Cl)N1CCCCC1. The minimum absolute atomic E-state index is 0.230. The van der Waals surface area contributed by atoms with Crippen molar-refractivity contribution in [1.82, 2.24) is 4.90 Å². The summed E-state index contributed by atoms with van der Waals surface area (Å²) in [7, 11) is 0. The molecule has 2 nitrogen and oxygen atoms in total. The van der Waals surface area contributed by atoms with Crippen molar-refractivity contribution in [3.63, 3.8) is 0 Å². The fraction of sp³-hybridized carbons (Fsp3) is 0.500. The van der Waals surface area contributed by atoms with E-state index >= 15 is 0 Å². The zero-order chi connectivity index (χ0) is 13.7. The van der Waals surface area contributed by atoms with Crippen molar-refractivity contribution in [3.05, 3.63) is 33.8 Å². The fourth-order valence-electron chi connectivity index (χ4n) is 2.15. The van der Waals surface area contributed by atoms with Crippen LogP contribution >= 0.6 is 35.0 Å². The van der Waals surface area contributed by atoms with Gasteiger partial charge in [0, 0.05) is 28.9 Å². The molecule has 104 valence electrons. The van der Waals surface area contributed by atoms with Gasteiger partial charge in [0.05, 0.1) is 5.75 Å². The summed E-state index contributed by atoms with van der Waals surface area (Å²) in [5.41, 5.74) is 0.919. The first-order chi connectivity index (χ1) is 9.18. The smallest absolute Gasteiger partial charge is 0.232 e. The molecule has 1 amide bonds. The van der Waals surface area contributed by atoms with Crippen molar-refractivity contribution in [2.75, 3.05) is 18.8 Å². The molecule has 1 aromatic carbocycles. The lowest BCUT2D eigenvalue weighted by molar-refractivity contribution is -0.129. The maximum Gasteiger partial charge on any atom is 0.232 e. The van der Waals surface area contributed by atoms with E-state index in [-0.39, 0.29) is 5.91 Å². The molecular formula is C14H17Cl2NOS. The number of thioether (sulfide) groups is 1. The second-order valence-corrected chi connectivity index (χ2v) is 6.43. The monoisotopic (exact) mass is 317 g/mol. The Morgan fingerprint density at radius 3 is 2.42 bits per heavy atom. The van der Waals surface area contributed by atoms with Crippen molar-refractivity contribution in [2.24, 2.45) is 0 Å². The molecule has 0 unspecified atom stereocenters. The molecule has 19 heavy (non-hydrogen) atoms. The average molecular weight is 318 g/mol. The Bertz CT molecular complexity index is 427. The largest absolute Gasteiger partial charge is 0.342 e. The molecule has 0 aromatic heterocycles. The predicted octanol–water partition coefficient (Wildman–Crippen LogP) is 4.24. The number of halogens is 2. The average Bonchev–Trinajstić information content (AvgIpc) is 2.43. The molecular weight excluding hydrogens is 301 g/mol. The summed E-state index contributed by atoms with van der Waals surface area (Å²) in [5.74, 6) is 1.41. The first-order valence-corrected chi connectivity index (χ1v) is 8.38. The van der Waals surface area contributed by atoms with Crippen LogP contribution in [0, 0.1) is 0 Å². The Hall–Kier alpha value is -0.380. The molecule has 1 saturated heterocycles. The van der Waals surface area contributed by atoms with Gasteiger partial charge in [-0.25, -0.2) is 0 Å². The second kappa shape index (κ2) is 7.41. The molecule has 1 heterocycles. The highest BCUT2D eigenvalue weighted by molar-refractivity contribution is 7.99. The standard InChI is InChI=1S/C14H17Cl2NOS/c15-12-5-4-6-13(16)11(12)9-19-10-14(18)17-7-2-1-3-8-17/h4-6H,1-3,7-10H2. The van der Waals surface area contributed by atoms with Gasteiger partial charge in [0.2, 0.25) is 5.91 Å². The zero-order valence-electron chi connectivity index (χ0n) is 10.7. The highest BCUT2D eigenvalue weighted by atomic mass is 35.5. The first-order valence-electron chi connectivity index (χ1n) is 6.47. The topological polar surface area (TPSA) is 20.3 Å². The van der Waals surface area contributed by atoms with E-state index in [4.69, 9.17) is 23.2 Å². The molecule has 1 fully saturated rings. The van der Waals surface area contributed by atoms with Crippen molar-refractivity contribution in [2.45, 2.75) is 25.0 Å². The number of likely N-dealkylation sites (tertiary alicyclic amines) is 1. The van der Waals surface area contributed by atoms with E-state index in [1.807, 2.05) is 23.1 Å². The molecule has 0 spiro atoms. The number of hydrogen-bond acceptors (Lipinski definition) is 2. The van der Waals surface area contributed by atoms with Gasteiger partial charge in [0.1, 0.15) is 0 Å². The maximum absolute atomic E-state index is 12.0. The summed E-state index contributed by atoms with van der Waals surface area (Å²) < 4.78 is 0. The quantitative estimate of drug-likeness (QED) is 0.827. The van der Waals surface area contributed by atoms with E-state index in [0.29, 0.717) is 21.6 Å². The summed E-state index contributed by atoms with van der Waals surface area (Å²) in [5, 5.41) is 1.34. The van der Waals surface area contributed by atoms with Crippen LogP contribution in [-0.2, 0) is 10.5 Å². The van der Waals surface area contributed by atoms with Gasteiger partial charge in [-0.15, -0.1) is 11.8 Å². The van der Waals surface area contributed by atoms with E-state index in [2.05, 4.69) is 0 Å². The summed E-state index contributed by atoms with van der Waals surface area (Å²) >= 11 is 13.8. The van der Waals surface area contributed by atoms with Crippen molar-refractivity contribution >= 4 is 40.9 Å². The molecule has 0 aliphatic carbocycles. The maximum atomic E-state index is 12.0. The highest BCUT2D eigenvalue weighted by Crippen LogP contribution is 2.28. The van der Waals surface area contributed by atoms with Crippen molar-refractivity contribution in [1.29, 1.82) is 0 Å². The minimum atomic E-state index is 0.230. The van der Waals surface area contributed by atoms with Crippen LogP contribution in [0.15, 0.2) is 18.2 Å². The number of rotatable bonds is 4. The third-order valence-electron chi connectivity index (χ3n) is 3.24. The molecule has 0 saturated carbocycles. The summed E-state index contributed by atoms with van der Waals surface area (Å²) in [6.07, 6.45) is 3.51. The van der Waals surface area contributed by atoms with Crippen LogP contribution in [0.4, 0.5) is 0 Å². The second-order valence-electron chi connectivity index (χ2n) is 4.63. The number of carbonyl (C=O) groups excluding carboxylic acids is 1. The van der Waals surface area contributed by atoms with Crippen LogP contribution in [0.5, 0.6) is 0 Å². The van der Waals surface area contributed by atoms with Gasteiger partial charge in [-0.1, -0.05) is 29.3 Å². The predicted molar refractivity (Wildman–Crippen MR) is 83.1 cm³/mol. The van der Waals surface area contributed by atoms with E-state index in [9.17, 15) is 4.79 Å². The van der Waals surface area contributed by atoms with Crippen LogP contribution < -0.4 is 0 Å². The van der Waals surface area contributed by atoms with Gasteiger partial charge < -0.3 is 4.90 Å². The number of benzene rings is 1. The molecule has 1 aliphatic heterocycles. The number of piperidine rings is 1.